The normalized spacial score (nSPS) is 9.83. The third kappa shape index (κ3) is 2.39. The van der Waals surface area contributed by atoms with E-state index < -0.39 is 0 Å². The van der Waals surface area contributed by atoms with Crippen molar-refractivity contribution < 1.29 is 4.74 Å². The molecule has 0 bridgehead atoms. The Morgan fingerprint density at radius 1 is 1.22 bits per heavy atom. The first kappa shape index (κ1) is 12.3. The first-order valence-corrected chi connectivity index (χ1v) is 5.72. The summed E-state index contributed by atoms with van der Waals surface area (Å²) in [6.07, 6.45) is 0. The van der Waals surface area contributed by atoms with E-state index in [1.165, 1.54) is 0 Å². The largest absolute Gasteiger partial charge is 0.456 e. The van der Waals surface area contributed by atoms with Gasteiger partial charge < -0.3 is 10.5 Å². The zero-order valence-electron chi connectivity index (χ0n) is 9.77. The minimum atomic E-state index is 0.393. The van der Waals surface area contributed by atoms with E-state index >= 15 is 0 Å². The third-order valence-electron chi connectivity index (χ3n) is 2.61. The number of nitrogen functional groups attached to an aromatic ring is 1. The molecular formula is C14H11ClN2O. The maximum atomic E-state index is 9.03. The van der Waals surface area contributed by atoms with E-state index in [2.05, 4.69) is 6.07 Å². The van der Waals surface area contributed by atoms with Crippen molar-refractivity contribution in [2.45, 2.75) is 6.92 Å². The van der Waals surface area contributed by atoms with Crippen LogP contribution in [-0.2, 0) is 0 Å². The third-order valence-corrected chi connectivity index (χ3v) is 2.84. The smallest absolute Gasteiger partial charge is 0.145 e. The highest BCUT2D eigenvalue weighted by atomic mass is 35.5. The number of nitrogens with zero attached hydrogens (tertiary/aromatic N) is 1. The van der Waals surface area contributed by atoms with Gasteiger partial charge >= 0.3 is 0 Å². The molecule has 0 radical (unpaired) electrons. The molecule has 0 aliphatic rings. The summed E-state index contributed by atoms with van der Waals surface area (Å²) in [5, 5.41) is 9.53. The van der Waals surface area contributed by atoms with Crippen LogP contribution >= 0.6 is 11.6 Å². The fourth-order valence-corrected chi connectivity index (χ4v) is 1.71. The fourth-order valence-electron chi connectivity index (χ4n) is 1.54. The lowest BCUT2D eigenvalue weighted by molar-refractivity contribution is 0.478. The second-order valence-corrected chi connectivity index (χ2v) is 4.26. The van der Waals surface area contributed by atoms with E-state index in [9.17, 15) is 0 Å². The van der Waals surface area contributed by atoms with Gasteiger partial charge in [0.1, 0.15) is 17.6 Å². The summed E-state index contributed by atoms with van der Waals surface area (Å²) in [4.78, 5) is 0. The molecule has 0 heterocycles. The topological polar surface area (TPSA) is 59.0 Å². The van der Waals surface area contributed by atoms with Gasteiger partial charge in [0, 0.05) is 16.3 Å². The Kier molecular flexibility index (Phi) is 3.40. The summed E-state index contributed by atoms with van der Waals surface area (Å²) < 4.78 is 5.71. The van der Waals surface area contributed by atoms with Crippen LogP contribution < -0.4 is 10.5 Å². The van der Waals surface area contributed by atoms with Gasteiger partial charge in [-0.25, -0.2) is 0 Å². The maximum absolute atomic E-state index is 9.03. The first-order valence-electron chi connectivity index (χ1n) is 5.34. The average molecular weight is 259 g/mol. The van der Waals surface area contributed by atoms with Gasteiger partial charge in [-0.15, -0.1) is 0 Å². The van der Waals surface area contributed by atoms with Gasteiger partial charge in [0.2, 0.25) is 0 Å². The molecule has 0 saturated carbocycles. The number of rotatable bonds is 2. The van der Waals surface area contributed by atoms with Gasteiger partial charge in [-0.2, -0.15) is 5.26 Å². The number of anilines is 1. The van der Waals surface area contributed by atoms with E-state index in [0.717, 1.165) is 5.56 Å². The van der Waals surface area contributed by atoms with E-state index in [0.29, 0.717) is 27.8 Å². The predicted molar refractivity (Wildman–Crippen MR) is 71.8 cm³/mol. The van der Waals surface area contributed by atoms with Crippen molar-refractivity contribution in [1.29, 1.82) is 5.26 Å². The number of nitriles is 1. The number of halogens is 1. The Morgan fingerprint density at radius 3 is 2.72 bits per heavy atom. The number of nitrogens with two attached hydrogens (primary N) is 1. The minimum Gasteiger partial charge on any atom is -0.456 e. The summed E-state index contributed by atoms with van der Waals surface area (Å²) in [7, 11) is 0. The Morgan fingerprint density at radius 2 is 2.00 bits per heavy atom. The Balaban J connectivity index is 2.41. The minimum absolute atomic E-state index is 0.393. The summed E-state index contributed by atoms with van der Waals surface area (Å²) in [6, 6.07) is 12.4. The molecule has 4 heteroatoms. The molecule has 2 N–H and O–H groups in total. The number of hydrogen-bond acceptors (Lipinski definition) is 3. The lowest BCUT2D eigenvalue weighted by Gasteiger charge is -2.11. The SMILES string of the molecule is Cc1c(N)cccc1Oc1ccc(Cl)cc1C#N. The van der Waals surface area contributed by atoms with Crippen molar-refractivity contribution >= 4 is 17.3 Å². The predicted octanol–water partition coefficient (Wildman–Crippen LogP) is 3.89. The summed E-state index contributed by atoms with van der Waals surface area (Å²) in [6.45, 7) is 1.87. The monoisotopic (exact) mass is 258 g/mol. The molecule has 2 aromatic rings. The average Bonchev–Trinajstić information content (AvgIpc) is 2.37. The zero-order chi connectivity index (χ0) is 13.1. The van der Waals surface area contributed by atoms with Crippen LogP contribution in [0, 0.1) is 18.3 Å². The quantitative estimate of drug-likeness (QED) is 0.831. The molecular weight excluding hydrogens is 248 g/mol. The van der Waals surface area contributed by atoms with Crippen LogP contribution in [0.2, 0.25) is 5.02 Å². The molecule has 0 unspecified atom stereocenters. The van der Waals surface area contributed by atoms with E-state index in [1.54, 1.807) is 36.4 Å². The Hall–Kier alpha value is -2.18. The van der Waals surface area contributed by atoms with Crippen molar-refractivity contribution in [3.8, 4) is 17.6 Å². The van der Waals surface area contributed by atoms with Crippen molar-refractivity contribution in [2.75, 3.05) is 5.73 Å². The molecule has 0 atom stereocenters. The Labute approximate surface area is 110 Å². The fraction of sp³-hybridized carbons (Fsp3) is 0.0714. The van der Waals surface area contributed by atoms with Crippen LogP contribution in [0.25, 0.3) is 0 Å². The standard InChI is InChI=1S/C14H11ClN2O/c1-9-12(17)3-2-4-13(9)18-14-6-5-11(15)7-10(14)8-16/h2-7H,17H2,1H3. The molecule has 0 spiro atoms. The second-order valence-electron chi connectivity index (χ2n) is 3.82. The summed E-state index contributed by atoms with van der Waals surface area (Å²) in [5.74, 6) is 1.10. The molecule has 18 heavy (non-hydrogen) atoms. The second kappa shape index (κ2) is 4.99. The van der Waals surface area contributed by atoms with Crippen LogP contribution in [0.1, 0.15) is 11.1 Å². The molecule has 0 amide bonds. The zero-order valence-corrected chi connectivity index (χ0v) is 10.5. The molecule has 0 aliphatic heterocycles. The molecule has 2 aromatic carbocycles. The van der Waals surface area contributed by atoms with Crippen molar-refractivity contribution in [3.05, 3.63) is 52.5 Å². The lowest BCUT2D eigenvalue weighted by atomic mass is 10.2. The van der Waals surface area contributed by atoms with Crippen molar-refractivity contribution in [2.24, 2.45) is 0 Å². The maximum Gasteiger partial charge on any atom is 0.145 e. The highest BCUT2D eigenvalue weighted by Crippen LogP contribution is 2.31. The van der Waals surface area contributed by atoms with E-state index in [-0.39, 0.29) is 0 Å². The van der Waals surface area contributed by atoms with E-state index in [1.807, 2.05) is 6.92 Å². The molecule has 0 aromatic heterocycles. The van der Waals surface area contributed by atoms with Gasteiger partial charge in [0.25, 0.3) is 0 Å². The number of hydrogen-bond donors (Lipinski definition) is 1. The molecule has 90 valence electrons. The van der Waals surface area contributed by atoms with Crippen LogP contribution in [0.3, 0.4) is 0 Å². The van der Waals surface area contributed by atoms with Crippen LogP contribution in [0.5, 0.6) is 11.5 Å². The Bertz CT molecular complexity index is 632. The van der Waals surface area contributed by atoms with Gasteiger partial charge in [-0.1, -0.05) is 17.7 Å². The van der Waals surface area contributed by atoms with Gasteiger partial charge in [0.15, 0.2) is 0 Å². The van der Waals surface area contributed by atoms with Crippen molar-refractivity contribution in [1.82, 2.24) is 0 Å². The van der Waals surface area contributed by atoms with Gasteiger partial charge in [-0.3, -0.25) is 0 Å². The molecule has 0 aliphatic carbocycles. The molecule has 3 nitrogen and oxygen atoms in total. The summed E-state index contributed by atoms with van der Waals surface area (Å²) >= 11 is 5.83. The highest BCUT2D eigenvalue weighted by Gasteiger charge is 2.08. The van der Waals surface area contributed by atoms with Gasteiger partial charge in [-0.05, 0) is 37.3 Å². The highest BCUT2D eigenvalue weighted by molar-refractivity contribution is 6.30. The van der Waals surface area contributed by atoms with Crippen LogP contribution in [0.15, 0.2) is 36.4 Å². The van der Waals surface area contributed by atoms with Crippen molar-refractivity contribution in [3.63, 3.8) is 0 Å². The van der Waals surface area contributed by atoms with Crippen LogP contribution in [-0.4, -0.2) is 0 Å². The first-order chi connectivity index (χ1) is 8.61. The molecule has 0 saturated heterocycles. The summed E-state index contributed by atoms with van der Waals surface area (Å²) in [5.41, 5.74) is 7.69. The molecule has 0 fully saturated rings. The van der Waals surface area contributed by atoms with Crippen LogP contribution in [0.4, 0.5) is 5.69 Å². The number of benzene rings is 2. The lowest BCUT2D eigenvalue weighted by Crippen LogP contribution is -1.94. The van der Waals surface area contributed by atoms with E-state index in [4.69, 9.17) is 27.3 Å². The van der Waals surface area contributed by atoms with Gasteiger partial charge in [0.05, 0.1) is 5.56 Å². The number of ether oxygens (including phenoxy) is 1. The molecule has 2 rings (SSSR count).